The van der Waals surface area contributed by atoms with Crippen LogP contribution in [0, 0.1) is 6.92 Å². The number of carbonyl (C=O) groups is 2. The molecule has 0 saturated carbocycles. The van der Waals surface area contributed by atoms with Gasteiger partial charge < -0.3 is 10.2 Å². The Hall–Kier alpha value is -3.40. The van der Waals surface area contributed by atoms with Crippen LogP contribution < -0.4 is 10.2 Å². The van der Waals surface area contributed by atoms with Gasteiger partial charge in [0, 0.05) is 11.3 Å². The van der Waals surface area contributed by atoms with E-state index in [1.54, 1.807) is 17.0 Å². The average Bonchev–Trinajstić information content (AvgIpc) is 2.72. The summed E-state index contributed by atoms with van der Waals surface area (Å²) in [4.78, 5) is 26.8. The standard InChI is InChI=1S/C23H22N2O2/c1-18-12-14-20(15-13-18)23(27)24-16-22(26)25(21-10-6-3-7-11-21)17-19-8-4-2-5-9-19/h2-15H,16-17H2,1H3,(H,24,27). The monoisotopic (exact) mass is 358 g/mol. The highest BCUT2D eigenvalue weighted by Crippen LogP contribution is 2.17. The molecule has 3 aromatic carbocycles. The van der Waals surface area contributed by atoms with Crippen molar-refractivity contribution in [2.75, 3.05) is 11.4 Å². The number of hydrogen-bond acceptors (Lipinski definition) is 2. The largest absolute Gasteiger partial charge is 0.343 e. The Labute approximate surface area is 159 Å². The second-order valence-corrected chi connectivity index (χ2v) is 6.35. The van der Waals surface area contributed by atoms with Gasteiger partial charge in [0.1, 0.15) is 0 Å². The summed E-state index contributed by atoms with van der Waals surface area (Å²) in [5, 5.41) is 2.72. The third-order valence-electron chi connectivity index (χ3n) is 4.27. The molecule has 0 aromatic heterocycles. The number of rotatable bonds is 6. The molecule has 0 heterocycles. The molecule has 4 heteroatoms. The molecule has 27 heavy (non-hydrogen) atoms. The molecule has 0 aliphatic carbocycles. The minimum atomic E-state index is -0.254. The summed E-state index contributed by atoms with van der Waals surface area (Å²) in [6.07, 6.45) is 0. The molecule has 2 amide bonds. The van der Waals surface area contributed by atoms with Gasteiger partial charge in [-0.2, -0.15) is 0 Å². The van der Waals surface area contributed by atoms with Gasteiger partial charge in [0.05, 0.1) is 13.1 Å². The van der Waals surface area contributed by atoms with Crippen molar-refractivity contribution in [1.29, 1.82) is 0 Å². The second kappa shape index (κ2) is 8.81. The minimum absolute atomic E-state index is 0.0611. The first kappa shape index (κ1) is 18.4. The number of benzene rings is 3. The van der Waals surface area contributed by atoms with Gasteiger partial charge in [-0.15, -0.1) is 0 Å². The number of nitrogens with zero attached hydrogens (tertiary/aromatic N) is 1. The Kier molecular flexibility index (Phi) is 6.00. The van der Waals surface area contributed by atoms with Crippen molar-refractivity contribution in [3.8, 4) is 0 Å². The molecule has 3 aromatic rings. The lowest BCUT2D eigenvalue weighted by molar-refractivity contribution is -0.117. The van der Waals surface area contributed by atoms with Gasteiger partial charge in [-0.1, -0.05) is 66.2 Å². The van der Waals surface area contributed by atoms with Gasteiger partial charge in [0.25, 0.3) is 5.91 Å². The average molecular weight is 358 g/mol. The Morgan fingerprint density at radius 1 is 0.815 bits per heavy atom. The number of para-hydroxylation sites is 1. The third-order valence-corrected chi connectivity index (χ3v) is 4.27. The highest BCUT2D eigenvalue weighted by Gasteiger charge is 2.17. The van der Waals surface area contributed by atoms with Gasteiger partial charge in [-0.05, 0) is 36.8 Å². The van der Waals surface area contributed by atoms with E-state index < -0.39 is 0 Å². The van der Waals surface area contributed by atoms with E-state index in [1.165, 1.54) is 0 Å². The zero-order chi connectivity index (χ0) is 19.1. The van der Waals surface area contributed by atoms with Crippen LogP contribution in [0.25, 0.3) is 0 Å². The van der Waals surface area contributed by atoms with E-state index in [0.29, 0.717) is 12.1 Å². The van der Waals surface area contributed by atoms with Crippen LogP contribution in [0.3, 0.4) is 0 Å². The van der Waals surface area contributed by atoms with Gasteiger partial charge in [0.2, 0.25) is 5.91 Å². The summed E-state index contributed by atoms with van der Waals surface area (Å²) in [6, 6.07) is 26.6. The van der Waals surface area contributed by atoms with Crippen molar-refractivity contribution < 1.29 is 9.59 Å². The normalized spacial score (nSPS) is 10.3. The molecule has 0 atom stereocenters. The molecule has 0 unspecified atom stereocenters. The minimum Gasteiger partial charge on any atom is -0.343 e. The molecular formula is C23H22N2O2. The van der Waals surface area contributed by atoms with Crippen LogP contribution in [-0.4, -0.2) is 18.4 Å². The summed E-state index contributed by atoms with van der Waals surface area (Å²) in [7, 11) is 0. The molecule has 0 spiro atoms. The third kappa shape index (κ3) is 5.05. The Balaban J connectivity index is 1.71. The van der Waals surface area contributed by atoms with E-state index in [0.717, 1.165) is 16.8 Å². The number of aryl methyl sites for hydroxylation is 1. The number of hydrogen-bond donors (Lipinski definition) is 1. The lowest BCUT2D eigenvalue weighted by Crippen LogP contribution is -2.40. The molecule has 1 N–H and O–H groups in total. The van der Waals surface area contributed by atoms with Crippen LogP contribution in [0.15, 0.2) is 84.9 Å². The fourth-order valence-corrected chi connectivity index (χ4v) is 2.76. The molecule has 3 rings (SSSR count). The maximum absolute atomic E-state index is 12.8. The molecule has 0 saturated heterocycles. The van der Waals surface area contributed by atoms with Gasteiger partial charge in [0.15, 0.2) is 0 Å². The first-order valence-electron chi connectivity index (χ1n) is 8.88. The number of carbonyl (C=O) groups excluding carboxylic acids is 2. The smallest absolute Gasteiger partial charge is 0.251 e. The maximum Gasteiger partial charge on any atom is 0.251 e. The van der Waals surface area contributed by atoms with Crippen molar-refractivity contribution in [3.63, 3.8) is 0 Å². The molecule has 0 aliphatic heterocycles. The van der Waals surface area contributed by atoms with Crippen LogP contribution in [0.2, 0.25) is 0 Å². The fraction of sp³-hybridized carbons (Fsp3) is 0.130. The fourth-order valence-electron chi connectivity index (χ4n) is 2.76. The van der Waals surface area contributed by atoms with Crippen LogP contribution in [-0.2, 0) is 11.3 Å². The molecular weight excluding hydrogens is 336 g/mol. The summed E-state index contributed by atoms with van der Waals surface area (Å²) < 4.78 is 0. The molecule has 0 radical (unpaired) electrons. The lowest BCUT2D eigenvalue weighted by atomic mass is 10.1. The molecule has 136 valence electrons. The first-order chi connectivity index (χ1) is 13.1. The predicted octanol–water partition coefficient (Wildman–Crippen LogP) is 3.96. The number of nitrogens with one attached hydrogen (secondary N) is 1. The summed E-state index contributed by atoms with van der Waals surface area (Å²) in [5.41, 5.74) is 3.46. The lowest BCUT2D eigenvalue weighted by Gasteiger charge is -2.23. The first-order valence-corrected chi connectivity index (χ1v) is 8.88. The Bertz CT molecular complexity index is 891. The van der Waals surface area contributed by atoms with Crippen LogP contribution >= 0.6 is 0 Å². The second-order valence-electron chi connectivity index (χ2n) is 6.35. The van der Waals surface area contributed by atoms with Gasteiger partial charge in [-0.3, -0.25) is 9.59 Å². The topological polar surface area (TPSA) is 49.4 Å². The van der Waals surface area contributed by atoms with E-state index in [4.69, 9.17) is 0 Å². The van der Waals surface area contributed by atoms with Crippen LogP contribution in [0.1, 0.15) is 21.5 Å². The SMILES string of the molecule is Cc1ccc(C(=O)NCC(=O)N(Cc2ccccc2)c2ccccc2)cc1. The highest BCUT2D eigenvalue weighted by molar-refractivity contribution is 6.00. The number of anilines is 1. The molecule has 4 nitrogen and oxygen atoms in total. The van der Waals surface area contributed by atoms with E-state index in [2.05, 4.69) is 5.32 Å². The van der Waals surface area contributed by atoms with Crippen LogP contribution in [0.5, 0.6) is 0 Å². The van der Waals surface area contributed by atoms with E-state index in [9.17, 15) is 9.59 Å². The highest BCUT2D eigenvalue weighted by atomic mass is 16.2. The van der Waals surface area contributed by atoms with Gasteiger partial charge >= 0.3 is 0 Å². The van der Waals surface area contributed by atoms with Gasteiger partial charge in [-0.25, -0.2) is 0 Å². The molecule has 0 aliphatic rings. The maximum atomic E-state index is 12.8. The zero-order valence-electron chi connectivity index (χ0n) is 15.3. The van der Waals surface area contributed by atoms with Crippen LogP contribution in [0.4, 0.5) is 5.69 Å². The predicted molar refractivity (Wildman–Crippen MR) is 108 cm³/mol. The summed E-state index contributed by atoms with van der Waals surface area (Å²) in [6.45, 7) is 2.35. The molecule has 0 bridgehead atoms. The van der Waals surface area contributed by atoms with Crippen molar-refractivity contribution in [3.05, 3.63) is 102 Å². The van der Waals surface area contributed by atoms with E-state index in [1.807, 2.05) is 79.7 Å². The summed E-state index contributed by atoms with van der Waals surface area (Å²) >= 11 is 0. The van der Waals surface area contributed by atoms with Crippen molar-refractivity contribution >= 4 is 17.5 Å². The summed E-state index contributed by atoms with van der Waals surface area (Å²) in [5.74, 6) is -0.415. The van der Waals surface area contributed by atoms with E-state index >= 15 is 0 Å². The Morgan fingerprint density at radius 2 is 1.41 bits per heavy atom. The zero-order valence-corrected chi connectivity index (χ0v) is 15.3. The quantitative estimate of drug-likeness (QED) is 0.725. The Morgan fingerprint density at radius 3 is 2.04 bits per heavy atom. The van der Waals surface area contributed by atoms with Crippen molar-refractivity contribution in [2.45, 2.75) is 13.5 Å². The van der Waals surface area contributed by atoms with E-state index in [-0.39, 0.29) is 18.4 Å². The molecule has 0 fully saturated rings. The van der Waals surface area contributed by atoms with Crippen molar-refractivity contribution in [2.24, 2.45) is 0 Å². The van der Waals surface area contributed by atoms with Crippen molar-refractivity contribution in [1.82, 2.24) is 5.32 Å². The number of amides is 2.